The van der Waals surface area contributed by atoms with Gasteiger partial charge in [0.1, 0.15) is 17.2 Å². The molecule has 3 rings (SSSR count). The fraction of sp³-hybridized carbons (Fsp3) is 0.684. The number of ether oxygens (including phenoxy) is 2. The average molecular weight is 407 g/mol. The van der Waals surface area contributed by atoms with Crippen molar-refractivity contribution in [2.24, 2.45) is 5.92 Å². The molecule has 2 N–H and O–H groups in total. The summed E-state index contributed by atoms with van der Waals surface area (Å²) in [6, 6.07) is 3.83. The summed E-state index contributed by atoms with van der Waals surface area (Å²) in [6.45, 7) is 4.02. The smallest absolute Gasteiger partial charge is 0.131 e. The minimum atomic E-state index is 0. The first-order chi connectivity index (χ1) is 11.7. The summed E-state index contributed by atoms with van der Waals surface area (Å²) in [4.78, 5) is 2.52. The maximum atomic E-state index is 10.8. The average Bonchev–Trinajstić information content (AvgIpc) is 2.64. The molecule has 0 aromatic heterocycles. The SMILES string of the molecule is COc1cc(O)c([C@@H](C2CCCCC2)N2CCNCC2)c(OC)c1.Cl.Cl. The Labute approximate surface area is 169 Å². The van der Waals surface area contributed by atoms with Gasteiger partial charge in [-0.25, -0.2) is 0 Å². The minimum Gasteiger partial charge on any atom is -0.507 e. The summed E-state index contributed by atoms with van der Waals surface area (Å²) in [7, 11) is 3.29. The van der Waals surface area contributed by atoms with Crippen LogP contribution in [0.3, 0.4) is 0 Å². The number of piperazine rings is 1. The van der Waals surface area contributed by atoms with Crippen LogP contribution in [0.4, 0.5) is 0 Å². The Hall–Kier alpha value is -0.880. The molecule has 5 nitrogen and oxygen atoms in total. The fourth-order valence-corrected chi connectivity index (χ4v) is 4.30. The molecule has 1 aliphatic heterocycles. The molecule has 0 amide bonds. The van der Waals surface area contributed by atoms with Crippen molar-refractivity contribution in [3.8, 4) is 17.2 Å². The van der Waals surface area contributed by atoms with Gasteiger partial charge in [-0.15, -0.1) is 24.8 Å². The van der Waals surface area contributed by atoms with E-state index < -0.39 is 0 Å². The van der Waals surface area contributed by atoms with Gasteiger partial charge in [-0.05, 0) is 18.8 Å². The number of phenolic OH excluding ortho intramolecular Hbond substituents is 1. The Bertz CT molecular complexity index is 530. The van der Waals surface area contributed by atoms with Gasteiger partial charge in [-0.2, -0.15) is 0 Å². The monoisotopic (exact) mass is 406 g/mol. The van der Waals surface area contributed by atoms with Crippen LogP contribution in [0.25, 0.3) is 0 Å². The first kappa shape index (κ1) is 23.2. The van der Waals surface area contributed by atoms with Crippen molar-refractivity contribution in [3.05, 3.63) is 17.7 Å². The van der Waals surface area contributed by atoms with Crippen molar-refractivity contribution in [1.82, 2.24) is 10.2 Å². The lowest BCUT2D eigenvalue weighted by Gasteiger charge is -2.41. The highest BCUT2D eigenvalue weighted by molar-refractivity contribution is 5.85. The number of phenols is 1. The molecule has 26 heavy (non-hydrogen) atoms. The molecule has 0 bridgehead atoms. The van der Waals surface area contributed by atoms with Crippen molar-refractivity contribution < 1.29 is 14.6 Å². The van der Waals surface area contributed by atoms with E-state index in [0.29, 0.717) is 17.4 Å². The number of rotatable bonds is 5. The number of methoxy groups -OCH3 is 2. The van der Waals surface area contributed by atoms with E-state index in [4.69, 9.17) is 9.47 Å². The van der Waals surface area contributed by atoms with Gasteiger partial charge in [0.2, 0.25) is 0 Å². The number of benzene rings is 1. The highest BCUT2D eigenvalue weighted by atomic mass is 35.5. The molecule has 1 aliphatic carbocycles. The Morgan fingerprint density at radius 3 is 2.27 bits per heavy atom. The van der Waals surface area contributed by atoms with E-state index in [1.807, 2.05) is 6.07 Å². The Kier molecular flexibility index (Phi) is 9.86. The number of nitrogens with zero attached hydrogens (tertiary/aromatic N) is 1. The molecule has 2 fully saturated rings. The van der Waals surface area contributed by atoms with E-state index in [-0.39, 0.29) is 30.9 Å². The maximum Gasteiger partial charge on any atom is 0.131 e. The molecule has 1 aromatic carbocycles. The summed E-state index contributed by atoms with van der Waals surface area (Å²) in [5.41, 5.74) is 0.937. The van der Waals surface area contributed by atoms with Crippen LogP contribution in [0.15, 0.2) is 12.1 Å². The largest absolute Gasteiger partial charge is 0.507 e. The van der Waals surface area contributed by atoms with E-state index in [2.05, 4.69) is 10.2 Å². The summed E-state index contributed by atoms with van der Waals surface area (Å²) in [5, 5.41) is 14.2. The van der Waals surface area contributed by atoms with Crippen molar-refractivity contribution in [3.63, 3.8) is 0 Å². The second-order valence-corrected chi connectivity index (χ2v) is 6.89. The molecule has 1 saturated carbocycles. The molecule has 0 radical (unpaired) electrons. The van der Waals surface area contributed by atoms with Crippen LogP contribution in [-0.2, 0) is 0 Å². The zero-order valence-corrected chi connectivity index (χ0v) is 17.3. The molecular weight excluding hydrogens is 375 g/mol. The van der Waals surface area contributed by atoms with Crippen LogP contribution < -0.4 is 14.8 Å². The van der Waals surface area contributed by atoms with Gasteiger partial charge in [0.15, 0.2) is 0 Å². The van der Waals surface area contributed by atoms with Crippen LogP contribution in [0.5, 0.6) is 17.2 Å². The molecular formula is C19H32Cl2N2O3. The Morgan fingerprint density at radius 1 is 1.04 bits per heavy atom. The van der Waals surface area contributed by atoms with Gasteiger partial charge in [-0.3, -0.25) is 4.90 Å². The summed E-state index contributed by atoms with van der Waals surface area (Å²) < 4.78 is 10.9. The highest BCUT2D eigenvalue weighted by Crippen LogP contribution is 2.46. The van der Waals surface area contributed by atoms with Crippen LogP contribution in [-0.4, -0.2) is 50.4 Å². The third-order valence-electron chi connectivity index (χ3n) is 5.49. The lowest BCUT2D eigenvalue weighted by Crippen LogP contribution is -2.47. The van der Waals surface area contributed by atoms with E-state index in [1.165, 1.54) is 32.1 Å². The number of hydrogen-bond acceptors (Lipinski definition) is 5. The van der Waals surface area contributed by atoms with Gasteiger partial charge >= 0.3 is 0 Å². The number of nitrogens with one attached hydrogen (secondary N) is 1. The fourth-order valence-electron chi connectivity index (χ4n) is 4.30. The predicted molar refractivity (Wildman–Crippen MR) is 109 cm³/mol. The van der Waals surface area contributed by atoms with E-state index in [1.54, 1.807) is 20.3 Å². The van der Waals surface area contributed by atoms with Crippen LogP contribution >= 0.6 is 24.8 Å². The number of aromatic hydroxyl groups is 1. The van der Waals surface area contributed by atoms with Crippen molar-refractivity contribution in [1.29, 1.82) is 0 Å². The third kappa shape index (κ3) is 5.10. The van der Waals surface area contributed by atoms with E-state index in [9.17, 15) is 5.11 Å². The molecule has 2 aliphatic rings. The zero-order chi connectivity index (χ0) is 16.9. The highest BCUT2D eigenvalue weighted by Gasteiger charge is 2.35. The summed E-state index contributed by atoms with van der Waals surface area (Å²) in [5.74, 6) is 2.24. The lowest BCUT2D eigenvalue weighted by molar-refractivity contribution is 0.0990. The zero-order valence-electron chi connectivity index (χ0n) is 15.7. The molecule has 1 atom stereocenters. The molecule has 7 heteroatoms. The van der Waals surface area contributed by atoms with Crippen LogP contribution in [0.1, 0.15) is 43.7 Å². The summed E-state index contributed by atoms with van der Waals surface area (Å²) in [6.07, 6.45) is 6.35. The minimum absolute atomic E-state index is 0. The van der Waals surface area contributed by atoms with Crippen molar-refractivity contribution in [2.45, 2.75) is 38.1 Å². The molecule has 0 unspecified atom stereocenters. The standard InChI is InChI=1S/C19H30N2O3.2ClH/c1-23-15-12-16(22)18(17(13-15)24-2)19(14-6-4-3-5-7-14)21-10-8-20-9-11-21;;/h12-14,19-20,22H,3-11H2,1-2H3;2*1H/t19-;;/m1../s1. The second-order valence-electron chi connectivity index (χ2n) is 6.89. The summed E-state index contributed by atoms with van der Waals surface area (Å²) >= 11 is 0. The van der Waals surface area contributed by atoms with E-state index in [0.717, 1.165) is 37.5 Å². The first-order valence-corrected chi connectivity index (χ1v) is 9.14. The van der Waals surface area contributed by atoms with Gasteiger partial charge in [-0.1, -0.05) is 19.3 Å². The third-order valence-corrected chi connectivity index (χ3v) is 5.49. The topological polar surface area (TPSA) is 54.0 Å². The lowest BCUT2D eigenvalue weighted by atomic mass is 9.79. The maximum absolute atomic E-state index is 10.8. The molecule has 0 spiro atoms. The quantitative estimate of drug-likeness (QED) is 0.778. The van der Waals surface area contributed by atoms with Gasteiger partial charge in [0.25, 0.3) is 0 Å². The van der Waals surface area contributed by atoms with Crippen molar-refractivity contribution >= 4 is 24.8 Å². The van der Waals surface area contributed by atoms with Crippen LogP contribution in [0.2, 0.25) is 0 Å². The van der Waals surface area contributed by atoms with Gasteiger partial charge < -0.3 is 19.9 Å². The second kappa shape index (κ2) is 11.1. The first-order valence-electron chi connectivity index (χ1n) is 9.14. The number of hydrogen-bond donors (Lipinski definition) is 2. The molecule has 1 heterocycles. The molecule has 1 saturated heterocycles. The normalized spacial score (nSPS) is 19.8. The number of halogens is 2. The van der Waals surface area contributed by atoms with E-state index >= 15 is 0 Å². The Balaban J connectivity index is 0.00000169. The van der Waals surface area contributed by atoms with Gasteiger partial charge in [0.05, 0.1) is 19.8 Å². The Morgan fingerprint density at radius 2 is 1.69 bits per heavy atom. The molecule has 150 valence electrons. The van der Waals surface area contributed by atoms with Gasteiger partial charge in [0, 0.05) is 44.4 Å². The predicted octanol–water partition coefficient (Wildman–Crippen LogP) is 3.78. The van der Waals surface area contributed by atoms with Crippen LogP contribution in [0, 0.1) is 5.92 Å². The molecule has 1 aromatic rings. The van der Waals surface area contributed by atoms with Crippen molar-refractivity contribution in [2.75, 3.05) is 40.4 Å².